The van der Waals surface area contributed by atoms with E-state index < -0.39 is 0 Å². The Morgan fingerprint density at radius 1 is 1.19 bits per heavy atom. The number of fused-ring (bicyclic) bond motifs is 3. The number of carbonyl (C=O) groups is 1. The molecule has 5 rings (SSSR count). The van der Waals surface area contributed by atoms with E-state index in [1.807, 2.05) is 30.0 Å². The lowest BCUT2D eigenvalue weighted by atomic mass is 9.99. The van der Waals surface area contributed by atoms with Gasteiger partial charge in [0, 0.05) is 93.5 Å². The Balaban J connectivity index is 1.44. The summed E-state index contributed by atoms with van der Waals surface area (Å²) in [6.45, 7) is 7.10. The van der Waals surface area contributed by atoms with Gasteiger partial charge in [0.25, 0.3) is 5.91 Å². The number of carbonyl (C=O) groups excluding carboxylic acids is 1. The predicted octanol–water partition coefficient (Wildman–Crippen LogP) is 3.77. The van der Waals surface area contributed by atoms with Crippen LogP contribution in [0.2, 0.25) is 0 Å². The van der Waals surface area contributed by atoms with Crippen molar-refractivity contribution in [2.75, 3.05) is 26.3 Å². The van der Waals surface area contributed by atoms with Gasteiger partial charge in [0.15, 0.2) is 0 Å². The molecule has 0 bridgehead atoms. The molecule has 0 spiro atoms. The molecule has 6 nitrogen and oxygen atoms in total. The molecule has 0 atom stereocenters. The zero-order chi connectivity index (χ0) is 22.1. The van der Waals surface area contributed by atoms with Crippen molar-refractivity contribution in [1.29, 1.82) is 0 Å². The molecule has 4 heterocycles. The number of ether oxygens (including phenoxy) is 1. The molecule has 0 unspecified atom stereocenters. The molecule has 2 aromatic heterocycles. The van der Waals surface area contributed by atoms with Crippen molar-refractivity contribution in [3.05, 3.63) is 65.1 Å². The van der Waals surface area contributed by atoms with Crippen LogP contribution in [0.15, 0.2) is 42.7 Å². The van der Waals surface area contributed by atoms with E-state index in [-0.39, 0.29) is 5.91 Å². The Hall–Kier alpha value is -2.70. The standard InChI is InChI=1S/C26H32N4O2/c1-3-29(17-19-6-11-27-12-7-19)26(31)20-4-5-24-22(16-20)23-18-30(13-8-25(23)28(24)2)21-9-14-32-15-10-21/h4-7,11-12,16,21H,3,8-10,13-15,17-18H2,1-2H3. The highest BCUT2D eigenvalue weighted by molar-refractivity contribution is 5.99. The topological polar surface area (TPSA) is 50.6 Å². The highest BCUT2D eigenvalue weighted by Crippen LogP contribution is 2.33. The van der Waals surface area contributed by atoms with Crippen LogP contribution in [0.3, 0.4) is 0 Å². The second-order valence-corrected chi connectivity index (χ2v) is 8.96. The summed E-state index contributed by atoms with van der Waals surface area (Å²) < 4.78 is 7.90. The second-order valence-electron chi connectivity index (χ2n) is 8.96. The Labute approximate surface area is 189 Å². The first-order valence-electron chi connectivity index (χ1n) is 11.8. The van der Waals surface area contributed by atoms with E-state index in [9.17, 15) is 4.79 Å². The number of nitrogens with zero attached hydrogens (tertiary/aromatic N) is 4. The van der Waals surface area contributed by atoms with Crippen molar-refractivity contribution < 1.29 is 9.53 Å². The van der Waals surface area contributed by atoms with Gasteiger partial charge in [-0.3, -0.25) is 14.7 Å². The van der Waals surface area contributed by atoms with Gasteiger partial charge in [-0.2, -0.15) is 0 Å². The van der Waals surface area contributed by atoms with Gasteiger partial charge >= 0.3 is 0 Å². The first-order valence-corrected chi connectivity index (χ1v) is 11.8. The van der Waals surface area contributed by atoms with Crippen LogP contribution in [-0.2, 0) is 31.3 Å². The third-order valence-electron chi connectivity index (χ3n) is 7.18. The van der Waals surface area contributed by atoms with Crippen LogP contribution in [0.25, 0.3) is 10.9 Å². The molecule has 3 aromatic rings. The van der Waals surface area contributed by atoms with Crippen molar-refractivity contribution in [2.24, 2.45) is 7.05 Å². The highest BCUT2D eigenvalue weighted by Gasteiger charge is 2.29. The zero-order valence-corrected chi connectivity index (χ0v) is 19.1. The van der Waals surface area contributed by atoms with Crippen molar-refractivity contribution in [2.45, 2.75) is 45.3 Å². The van der Waals surface area contributed by atoms with E-state index in [1.54, 1.807) is 12.4 Å². The van der Waals surface area contributed by atoms with Gasteiger partial charge in [-0.05, 0) is 61.2 Å². The van der Waals surface area contributed by atoms with E-state index in [2.05, 4.69) is 33.6 Å². The van der Waals surface area contributed by atoms with E-state index in [0.29, 0.717) is 19.1 Å². The fourth-order valence-electron chi connectivity index (χ4n) is 5.31. The first kappa shape index (κ1) is 21.2. The summed E-state index contributed by atoms with van der Waals surface area (Å²) in [5.41, 5.74) is 5.90. The SMILES string of the molecule is CCN(Cc1ccncc1)C(=O)c1ccc2c(c1)c1c(n2C)CCN(C2CCOCC2)C1. The van der Waals surface area contributed by atoms with Gasteiger partial charge in [0.1, 0.15) is 0 Å². The van der Waals surface area contributed by atoms with Crippen LogP contribution in [0.5, 0.6) is 0 Å². The number of pyridine rings is 1. The number of aryl methyl sites for hydroxylation is 1. The monoisotopic (exact) mass is 432 g/mol. The Kier molecular flexibility index (Phi) is 5.98. The average molecular weight is 433 g/mol. The predicted molar refractivity (Wildman–Crippen MR) is 126 cm³/mol. The van der Waals surface area contributed by atoms with Crippen LogP contribution in [0.4, 0.5) is 0 Å². The molecule has 2 aliphatic heterocycles. The van der Waals surface area contributed by atoms with E-state index in [0.717, 1.165) is 56.7 Å². The number of benzene rings is 1. The second kappa shape index (κ2) is 9.04. The van der Waals surface area contributed by atoms with Gasteiger partial charge < -0.3 is 14.2 Å². The molecule has 0 N–H and O–H groups in total. The number of rotatable bonds is 5. The fourth-order valence-corrected chi connectivity index (χ4v) is 5.31. The maximum atomic E-state index is 13.4. The summed E-state index contributed by atoms with van der Waals surface area (Å²) in [5, 5.41) is 1.23. The zero-order valence-electron chi connectivity index (χ0n) is 19.1. The molecule has 1 saturated heterocycles. The summed E-state index contributed by atoms with van der Waals surface area (Å²) >= 11 is 0. The first-order chi connectivity index (χ1) is 15.7. The number of hydrogen-bond donors (Lipinski definition) is 0. The van der Waals surface area contributed by atoms with Crippen molar-refractivity contribution in [3.8, 4) is 0 Å². The Morgan fingerprint density at radius 2 is 1.97 bits per heavy atom. The summed E-state index contributed by atoms with van der Waals surface area (Å²) in [7, 11) is 2.16. The summed E-state index contributed by atoms with van der Waals surface area (Å²) in [5.74, 6) is 0.0842. The highest BCUT2D eigenvalue weighted by atomic mass is 16.5. The maximum Gasteiger partial charge on any atom is 0.254 e. The Morgan fingerprint density at radius 3 is 2.72 bits per heavy atom. The summed E-state index contributed by atoms with van der Waals surface area (Å²) in [4.78, 5) is 22.0. The number of hydrogen-bond acceptors (Lipinski definition) is 4. The van der Waals surface area contributed by atoms with Crippen LogP contribution in [0, 0.1) is 0 Å². The third kappa shape index (κ3) is 3.93. The molecule has 0 saturated carbocycles. The molecule has 6 heteroatoms. The minimum atomic E-state index is 0.0842. The normalized spacial score (nSPS) is 17.4. The molecule has 32 heavy (non-hydrogen) atoms. The number of aromatic nitrogens is 2. The average Bonchev–Trinajstić information content (AvgIpc) is 3.14. The van der Waals surface area contributed by atoms with Gasteiger partial charge in [0.2, 0.25) is 0 Å². The minimum absolute atomic E-state index is 0.0842. The van der Waals surface area contributed by atoms with E-state index in [4.69, 9.17) is 4.74 Å². The third-order valence-corrected chi connectivity index (χ3v) is 7.18. The molecular weight excluding hydrogens is 400 g/mol. The lowest BCUT2D eigenvalue weighted by Crippen LogP contribution is -2.42. The Bertz CT molecular complexity index is 1100. The van der Waals surface area contributed by atoms with Crippen molar-refractivity contribution >= 4 is 16.8 Å². The van der Waals surface area contributed by atoms with Crippen LogP contribution in [0.1, 0.15) is 46.9 Å². The minimum Gasteiger partial charge on any atom is -0.381 e. The van der Waals surface area contributed by atoms with Gasteiger partial charge in [-0.25, -0.2) is 0 Å². The van der Waals surface area contributed by atoms with Crippen LogP contribution in [-0.4, -0.2) is 57.6 Å². The molecule has 1 aromatic carbocycles. The number of amides is 1. The summed E-state index contributed by atoms with van der Waals surface area (Å²) in [6.07, 6.45) is 6.85. The molecule has 1 amide bonds. The van der Waals surface area contributed by atoms with Crippen molar-refractivity contribution in [3.63, 3.8) is 0 Å². The van der Waals surface area contributed by atoms with Crippen LogP contribution < -0.4 is 0 Å². The molecule has 0 radical (unpaired) electrons. The molecule has 2 aliphatic rings. The lowest BCUT2D eigenvalue weighted by molar-refractivity contribution is 0.0289. The van der Waals surface area contributed by atoms with E-state index in [1.165, 1.54) is 22.2 Å². The van der Waals surface area contributed by atoms with Crippen LogP contribution >= 0.6 is 0 Å². The van der Waals surface area contributed by atoms with E-state index >= 15 is 0 Å². The molecule has 1 fully saturated rings. The van der Waals surface area contributed by atoms with Gasteiger partial charge in [0.05, 0.1) is 0 Å². The molecule has 168 valence electrons. The maximum absolute atomic E-state index is 13.4. The largest absolute Gasteiger partial charge is 0.381 e. The molecule has 0 aliphatic carbocycles. The van der Waals surface area contributed by atoms with Crippen molar-refractivity contribution in [1.82, 2.24) is 19.4 Å². The molecular formula is C26H32N4O2. The quantitative estimate of drug-likeness (QED) is 0.616. The summed E-state index contributed by atoms with van der Waals surface area (Å²) in [6, 6.07) is 10.8. The lowest BCUT2D eigenvalue weighted by Gasteiger charge is -2.37. The fraction of sp³-hybridized carbons (Fsp3) is 0.462. The smallest absolute Gasteiger partial charge is 0.254 e. The van der Waals surface area contributed by atoms with Gasteiger partial charge in [-0.1, -0.05) is 0 Å². The van der Waals surface area contributed by atoms with Gasteiger partial charge in [-0.15, -0.1) is 0 Å².